The van der Waals surface area contributed by atoms with E-state index < -0.39 is 0 Å². The molecule has 1 rings (SSSR count). The van der Waals surface area contributed by atoms with Crippen LogP contribution in [0.15, 0.2) is 5.38 Å². The van der Waals surface area contributed by atoms with Crippen LogP contribution in [0.5, 0.6) is 0 Å². The molecule has 13 heavy (non-hydrogen) atoms. The molecule has 0 saturated heterocycles. The second kappa shape index (κ2) is 4.58. The molecule has 0 spiro atoms. The second-order valence-electron chi connectivity index (χ2n) is 3.49. The van der Waals surface area contributed by atoms with Crippen LogP contribution in [0.25, 0.3) is 0 Å². The fourth-order valence-corrected chi connectivity index (χ4v) is 1.92. The Kier molecular flexibility index (Phi) is 3.69. The van der Waals surface area contributed by atoms with Gasteiger partial charge in [-0.2, -0.15) is 0 Å². The van der Waals surface area contributed by atoms with Gasteiger partial charge in [0.15, 0.2) is 5.13 Å². The molecular weight excluding hydrogens is 182 g/mol. The van der Waals surface area contributed by atoms with Gasteiger partial charge in [-0.3, -0.25) is 0 Å². The van der Waals surface area contributed by atoms with Crippen LogP contribution in [0.2, 0.25) is 0 Å². The molecule has 0 bridgehead atoms. The average Bonchev–Trinajstić information content (AvgIpc) is 2.51. The summed E-state index contributed by atoms with van der Waals surface area (Å²) in [5.74, 6) is 0.522. The minimum atomic E-state index is 0.522. The van der Waals surface area contributed by atoms with Gasteiger partial charge in [0.25, 0.3) is 0 Å². The summed E-state index contributed by atoms with van der Waals surface area (Å²) in [6, 6.07) is 0. The molecule has 0 aromatic carbocycles. The Balaban J connectivity index is 2.53. The van der Waals surface area contributed by atoms with E-state index in [9.17, 15) is 0 Å². The lowest BCUT2D eigenvalue weighted by Gasteiger charge is -2.19. The Morgan fingerprint density at radius 3 is 2.85 bits per heavy atom. The number of hydrogen-bond donors (Lipinski definition) is 1. The molecule has 1 aromatic heterocycles. The molecule has 0 aliphatic carbocycles. The first-order valence-corrected chi connectivity index (χ1v) is 5.34. The monoisotopic (exact) mass is 199 g/mol. The molecule has 0 radical (unpaired) electrons. The van der Waals surface area contributed by atoms with Crippen molar-refractivity contribution >= 4 is 16.5 Å². The maximum atomic E-state index is 5.56. The molecule has 1 unspecified atom stereocenters. The van der Waals surface area contributed by atoms with E-state index in [1.807, 2.05) is 6.92 Å². The predicted octanol–water partition coefficient (Wildman–Crippen LogP) is 1.48. The number of rotatable bonds is 4. The zero-order valence-corrected chi connectivity index (χ0v) is 9.27. The Bertz CT molecular complexity index is 259. The molecular formula is C9H17N3S. The van der Waals surface area contributed by atoms with Gasteiger partial charge < -0.3 is 10.6 Å². The summed E-state index contributed by atoms with van der Waals surface area (Å²) in [5.41, 5.74) is 6.65. The zero-order valence-electron chi connectivity index (χ0n) is 8.45. The summed E-state index contributed by atoms with van der Waals surface area (Å²) < 4.78 is 0. The van der Waals surface area contributed by atoms with Gasteiger partial charge in [0.2, 0.25) is 0 Å². The van der Waals surface area contributed by atoms with Crippen LogP contribution >= 0.6 is 11.3 Å². The van der Waals surface area contributed by atoms with Crippen LogP contribution in [-0.2, 0) is 0 Å². The summed E-state index contributed by atoms with van der Waals surface area (Å²) in [6.07, 6.45) is 0. The van der Waals surface area contributed by atoms with Crippen LogP contribution < -0.4 is 10.6 Å². The SMILES string of the molecule is Cc1csc(N(C)CC(C)CN)n1. The molecule has 0 aliphatic rings. The van der Waals surface area contributed by atoms with Gasteiger partial charge in [0.1, 0.15) is 0 Å². The number of hydrogen-bond acceptors (Lipinski definition) is 4. The van der Waals surface area contributed by atoms with E-state index in [-0.39, 0.29) is 0 Å². The highest BCUT2D eigenvalue weighted by atomic mass is 32.1. The van der Waals surface area contributed by atoms with Gasteiger partial charge in [-0.1, -0.05) is 6.92 Å². The van der Waals surface area contributed by atoms with E-state index in [1.165, 1.54) is 0 Å². The van der Waals surface area contributed by atoms with Crippen LogP contribution in [-0.4, -0.2) is 25.1 Å². The third-order valence-corrected chi connectivity index (χ3v) is 2.99. The smallest absolute Gasteiger partial charge is 0.185 e. The third-order valence-electron chi connectivity index (χ3n) is 1.92. The van der Waals surface area contributed by atoms with E-state index in [4.69, 9.17) is 5.73 Å². The van der Waals surface area contributed by atoms with Crippen molar-refractivity contribution in [2.45, 2.75) is 13.8 Å². The number of nitrogens with two attached hydrogens (primary N) is 1. The van der Waals surface area contributed by atoms with Crippen LogP contribution in [0.4, 0.5) is 5.13 Å². The average molecular weight is 199 g/mol. The quantitative estimate of drug-likeness (QED) is 0.798. The Morgan fingerprint density at radius 1 is 1.69 bits per heavy atom. The number of thiazole rings is 1. The lowest BCUT2D eigenvalue weighted by Crippen LogP contribution is -2.28. The predicted molar refractivity (Wildman–Crippen MR) is 58.3 cm³/mol. The summed E-state index contributed by atoms with van der Waals surface area (Å²) >= 11 is 1.68. The van der Waals surface area contributed by atoms with E-state index in [1.54, 1.807) is 11.3 Å². The fraction of sp³-hybridized carbons (Fsp3) is 0.667. The van der Waals surface area contributed by atoms with Gasteiger partial charge in [-0.05, 0) is 19.4 Å². The van der Waals surface area contributed by atoms with Crippen molar-refractivity contribution in [1.82, 2.24) is 4.98 Å². The van der Waals surface area contributed by atoms with Gasteiger partial charge in [0.05, 0.1) is 5.69 Å². The highest BCUT2D eigenvalue weighted by Gasteiger charge is 2.08. The molecule has 74 valence electrons. The summed E-state index contributed by atoms with van der Waals surface area (Å²) in [6.45, 7) is 5.87. The number of nitrogens with zero attached hydrogens (tertiary/aromatic N) is 2. The lowest BCUT2D eigenvalue weighted by molar-refractivity contribution is 0.589. The van der Waals surface area contributed by atoms with Crippen LogP contribution in [0, 0.1) is 12.8 Å². The summed E-state index contributed by atoms with van der Waals surface area (Å²) in [4.78, 5) is 6.56. The van der Waals surface area contributed by atoms with Crippen LogP contribution in [0.3, 0.4) is 0 Å². The van der Waals surface area contributed by atoms with Crippen molar-refractivity contribution in [1.29, 1.82) is 0 Å². The van der Waals surface area contributed by atoms with E-state index in [0.29, 0.717) is 5.92 Å². The van der Waals surface area contributed by atoms with Crippen molar-refractivity contribution in [2.24, 2.45) is 11.7 Å². The van der Waals surface area contributed by atoms with Gasteiger partial charge in [-0.25, -0.2) is 4.98 Å². The van der Waals surface area contributed by atoms with Gasteiger partial charge >= 0.3 is 0 Å². The zero-order chi connectivity index (χ0) is 9.84. The van der Waals surface area contributed by atoms with Crippen LogP contribution in [0.1, 0.15) is 12.6 Å². The fourth-order valence-electron chi connectivity index (χ4n) is 1.14. The first-order chi connectivity index (χ1) is 6.13. The lowest BCUT2D eigenvalue weighted by atomic mass is 10.2. The van der Waals surface area contributed by atoms with Gasteiger partial charge in [-0.15, -0.1) is 11.3 Å². The maximum Gasteiger partial charge on any atom is 0.185 e. The number of anilines is 1. The molecule has 1 heterocycles. The number of aromatic nitrogens is 1. The standard InChI is InChI=1S/C9H17N3S/c1-7(4-10)5-12(3)9-11-8(2)6-13-9/h6-7H,4-5,10H2,1-3H3. The van der Waals surface area contributed by atoms with Crippen molar-refractivity contribution in [3.05, 3.63) is 11.1 Å². The van der Waals surface area contributed by atoms with Crippen molar-refractivity contribution < 1.29 is 0 Å². The largest absolute Gasteiger partial charge is 0.351 e. The van der Waals surface area contributed by atoms with Crippen molar-refractivity contribution in [3.63, 3.8) is 0 Å². The van der Waals surface area contributed by atoms with Crippen molar-refractivity contribution in [2.75, 3.05) is 25.0 Å². The minimum Gasteiger partial charge on any atom is -0.351 e. The highest BCUT2D eigenvalue weighted by molar-refractivity contribution is 7.13. The maximum absolute atomic E-state index is 5.56. The minimum absolute atomic E-state index is 0.522. The third kappa shape index (κ3) is 2.97. The molecule has 2 N–H and O–H groups in total. The second-order valence-corrected chi connectivity index (χ2v) is 4.33. The van der Waals surface area contributed by atoms with E-state index in [2.05, 4.69) is 29.2 Å². The molecule has 1 atom stereocenters. The van der Waals surface area contributed by atoms with Crippen molar-refractivity contribution in [3.8, 4) is 0 Å². The Hall–Kier alpha value is -0.610. The Morgan fingerprint density at radius 2 is 2.38 bits per heavy atom. The summed E-state index contributed by atoms with van der Waals surface area (Å²) in [7, 11) is 2.06. The Labute approximate surface area is 83.6 Å². The van der Waals surface area contributed by atoms with E-state index in [0.717, 1.165) is 23.9 Å². The first kappa shape index (κ1) is 10.5. The van der Waals surface area contributed by atoms with E-state index >= 15 is 0 Å². The topological polar surface area (TPSA) is 42.1 Å². The van der Waals surface area contributed by atoms with Gasteiger partial charge in [0, 0.05) is 19.0 Å². The molecule has 0 amide bonds. The molecule has 4 heteroatoms. The molecule has 3 nitrogen and oxygen atoms in total. The highest BCUT2D eigenvalue weighted by Crippen LogP contribution is 2.19. The first-order valence-electron chi connectivity index (χ1n) is 4.46. The molecule has 0 aliphatic heterocycles. The molecule has 1 aromatic rings. The number of aryl methyl sites for hydroxylation is 1. The molecule has 0 saturated carbocycles. The summed E-state index contributed by atoms with van der Waals surface area (Å²) in [5, 5.41) is 3.15. The normalized spacial score (nSPS) is 12.9. The molecule has 0 fully saturated rings.